The molecule has 1 spiro atoms. The van der Waals surface area contributed by atoms with Crippen LogP contribution < -0.4 is 5.32 Å². The number of amides is 1. The molecule has 5 heteroatoms. The van der Waals surface area contributed by atoms with E-state index in [1.165, 1.54) is 6.42 Å². The lowest BCUT2D eigenvalue weighted by Crippen LogP contribution is -2.47. The van der Waals surface area contributed by atoms with Crippen molar-refractivity contribution in [2.75, 3.05) is 19.6 Å². The third kappa shape index (κ3) is 2.94. The van der Waals surface area contributed by atoms with Crippen LogP contribution in [0.1, 0.15) is 40.0 Å². The summed E-state index contributed by atoms with van der Waals surface area (Å²) in [5.41, 5.74) is -0.130. The molecule has 0 aromatic heterocycles. The lowest BCUT2D eigenvalue weighted by atomic mass is 9.77. The summed E-state index contributed by atoms with van der Waals surface area (Å²) in [5, 5.41) is 3.67. The Bertz CT molecular complexity index is 319. The molecule has 2 aliphatic heterocycles. The molecule has 2 fully saturated rings. The molecule has 2 heterocycles. The first-order valence-electron chi connectivity index (χ1n) is 6.72. The largest absolute Gasteiger partial charge is 0.444 e. The van der Waals surface area contributed by atoms with Gasteiger partial charge in [-0.3, -0.25) is 0 Å². The van der Waals surface area contributed by atoms with E-state index in [1.54, 1.807) is 0 Å². The van der Waals surface area contributed by atoms with Crippen LogP contribution in [0.2, 0.25) is 0 Å². The van der Waals surface area contributed by atoms with E-state index in [2.05, 4.69) is 17.9 Å². The summed E-state index contributed by atoms with van der Waals surface area (Å²) in [5.74, 6) is 0. The molecule has 4 nitrogen and oxygen atoms in total. The molecule has 2 rings (SSSR count). The van der Waals surface area contributed by atoms with Gasteiger partial charge < -0.3 is 15.0 Å². The molecule has 18 heavy (non-hydrogen) atoms. The van der Waals surface area contributed by atoms with E-state index in [9.17, 15) is 4.79 Å². The van der Waals surface area contributed by atoms with Crippen molar-refractivity contribution in [2.24, 2.45) is 5.41 Å². The van der Waals surface area contributed by atoms with Crippen LogP contribution in [0.4, 0.5) is 4.79 Å². The molecule has 1 amide bonds. The van der Waals surface area contributed by atoms with Gasteiger partial charge in [0, 0.05) is 13.1 Å². The number of hydrogen-bond donors (Lipinski definition) is 2. The Labute approximate surface area is 115 Å². The van der Waals surface area contributed by atoms with Crippen molar-refractivity contribution < 1.29 is 9.53 Å². The zero-order chi connectivity index (χ0) is 13.4. The number of nitrogens with one attached hydrogen (secondary N) is 1. The maximum Gasteiger partial charge on any atom is 0.410 e. The number of thiol groups is 1. The smallest absolute Gasteiger partial charge is 0.410 e. The first kappa shape index (κ1) is 14.0. The fraction of sp³-hybridized carbons (Fsp3) is 0.923. The molecular formula is C13H24N2O2S. The van der Waals surface area contributed by atoms with Gasteiger partial charge in [0.1, 0.15) is 5.60 Å². The normalized spacial score (nSPS) is 27.6. The number of ether oxygens (including phenoxy) is 1. The Morgan fingerprint density at radius 3 is 2.39 bits per heavy atom. The van der Waals surface area contributed by atoms with Gasteiger partial charge in [-0.05, 0) is 52.0 Å². The monoisotopic (exact) mass is 272 g/mol. The van der Waals surface area contributed by atoms with Gasteiger partial charge in [-0.15, -0.1) is 0 Å². The summed E-state index contributed by atoms with van der Waals surface area (Å²) in [6.07, 6.45) is 3.03. The number of piperidine rings is 1. The highest BCUT2D eigenvalue weighted by Crippen LogP contribution is 2.42. The average molecular weight is 272 g/mol. The van der Waals surface area contributed by atoms with Gasteiger partial charge in [-0.1, -0.05) is 0 Å². The van der Waals surface area contributed by atoms with Crippen LogP contribution in [0, 0.1) is 5.41 Å². The van der Waals surface area contributed by atoms with Crippen molar-refractivity contribution in [3.63, 3.8) is 0 Å². The lowest BCUT2D eigenvalue weighted by molar-refractivity contribution is 0.0112. The summed E-state index contributed by atoms with van der Waals surface area (Å²) in [7, 11) is 0. The number of hydrogen-bond acceptors (Lipinski definition) is 4. The van der Waals surface area contributed by atoms with Crippen molar-refractivity contribution in [2.45, 2.75) is 51.0 Å². The number of nitrogens with zero attached hydrogens (tertiary/aromatic N) is 1. The highest BCUT2D eigenvalue weighted by atomic mass is 32.1. The topological polar surface area (TPSA) is 41.6 Å². The number of carbonyl (C=O) groups is 1. The minimum absolute atomic E-state index is 0.181. The lowest BCUT2D eigenvalue weighted by Gasteiger charge is -2.41. The van der Waals surface area contributed by atoms with Gasteiger partial charge in [-0.25, -0.2) is 4.79 Å². The van der Waals surface area contributed by atoms with Crippen LogP contribution >= 0.6 is 12.6 Å². The Morgan fingerprint density at radius 2 is 1.94 bits per heavy atom. The molecule has 0 aliphatic carbocycles. The molecule has 2 saturated heterocycles. The second-order valence-electron chi connectivity index (χ2n) is 6.44. The van der Waals surface area contributed by atoms with E-state index in [0.29, 0.717) is 0 Å². The molecule has 0 saturated carbocycles. The van der Waals surface area contributed by atoms with Crippen LogP contribution in [-0.4, -0.2) is 41.6 Å². The molecular weight excluding hydrogens is 248 g/mol. The molecule has 2 aliphatic rings. The molecule has 0 bridgehead atoms. The van der Waals surface area contributed by atoms with Crippen LogP contribution in [0.5, 0.6) is 0 Å². The van der Waals surface area contributed by atoms with Crippen molar-refractivity contribution in [3.8, 4) is 0 Å². The van der Waals surface area contributed by atoms with Crippen molar-refractivity contribution in [1.29, 1.82) is 0 Å². The average Bonchev–Trinajstić information content (AvgIpc) is 2.59. The highest BCUT2D eigenvalue weighted by Gasteiger charge is 2.44. The number of carbonyl (C=O) groups excluding carboxylic acids is 1. The maximum atomic E-state index is 12.0. The predicted octanol–water partition coefficient (Wildman–Crippen LogP) is 2.25. The molecule has 0 aromatic rings. The highest BCUT2D eigenvalue weighted by molar-refractivity contribution is 7.81. The Kier molecular flexibility index (Phi) is 3.83. The zero-order valence-corrected chi connectivity index (χ0v) is 12.4. The Balaban J connectivity index is 1.89. The minimum atomic E-state index is -0.410. The Morgan fingerprint density at radius 1 is 1.33 bits per heavy atom. The van der Waals surface area contributed by atoms with Gasteiger partial charge in [0.05, 0.1) is 5.37 Å². The van der Waals surface area contributed by atoms with Crippen LogP contribution in [-0.2, 0) is 4.74 Å². The van der Waals surface area contributed by atoms with Crippen molar-refractivity contribution in [3.05, 3.63) is 0 Å². The zero-order valence-electron chi connectivity index (χ0n) is 11.5. The van der Waals surface area contributed by atoms with Crippen molar-refractivity contribution in [1.82, 2.24) is 10.2 Å². The first-order valence-corrected chi connectivity index (χ1v) is 7.23. The predicted molar refractivity (Wildman–Crippen MR) is 74.9 cm³/mol. The summed E-state index contributed by atoms with van der Waals surface area (Å²) in [6.45, 7) is 8.32. The number of rotatable bonds is 0. The first-order chi connectivity index (χ1) is 8.32. The molecule has 0 aromatic carbocycles. The SMILES string of the molecule is CC(C)(C)OC(=O)N1CCC2(CCNC2S)CC1. The van der Waals surface area contributed by atoms with E-state index in [4.69, 9.17) is 4.74 Å². The van der Waals surface area contributed by atoms with Crippen LogP contribution in [0.15, 0.2) is 0 Å². The van der Waals surface area contributed by atoms with Gasteiger partial charge in [0.15, 0.2) is 0 Å². The quantitative estimate of drug-likeness (QED) is 0.665. The molecule has 104 valence electrons. The molecule has 1 N–H and O–H groups in total. The molecule has 0 radical (unpaired) electrons. The number of likely N-dealkylation sites (tertiary alicyclic amines) is 1. The minimum Gasteiger partial charge on any atom is -0.444 e. The van der Waals surface area contributed by atoms with Gasteiger partial charge in [0.25, 0.3) is 0 Å². The van der Waals surface area contributed by atoms with E-state index in [1.807, 2.05) is 25.7 Å². The van der Waals surface area contributed by atoms with Gasteiger partial charge in [-0.2, -0.15) is 12.6 Å². The van der Waals surface area contributed by atoms with E-state index in [-0.39, 0.29) is 16.9 Å². The second kappa shape index (κ2) is 4.93. The summed E-state index contributed by atoms with van der Waals surface area (Å²) < 4.78 is 5.41. The third-order valence-electron chi connectivity index (χ3n) is 3.95. The fourth-order valence-electron chi connectivity index (χ4n) is 2.80. The van der Waals surface area contributed by atoms with E-state index >= 15 is 0 Å². The van der Waals surface area contributed by atoms with Crippen LogP contribution in [0.25, 0.3) is 0 Å². The van der Waals surface area contributed by atoms with E-state index < -0.39 is 5.60 Å². The summed E-state index contributed by atoms with van der Waals surface area (Å²) >= 11 is 4.63. The van der Waals surface area contributed by atoms with Gasteiger partial charge >= 0.3 is 6.09 Å². The standard InChI is InChI=1S/C13H24N2O2S/c1-12(2,3)17-11(16)15-8-5-13(6-9-15)4-7-14-10(13)18/h10,14,18H,4-9H2,1-3H3. The molecule has 1 atom stereocenters. The van der Waals surface area contributed by atoms with Gasteiger partial charge in [0.2, 0.25) is 0 Å². The Hall–Kier alpha value is -0.420. The molecule has 1 unspecified atom stereocenters. The van der Waals surface area contributed by atoms with E-state index in [0.717, 1.165) is 32.5 Å². The van der Waals surface area contributed by atoms with Crippen molar-refractivity contribution >= 4 is 18.7 Å². The maximum absolute atomic E-state index is 12.0. The third-order valence-corrected chi connectivity index (χ3v) is 4.68. The fourth-order valence-corrected chi connectivity index (χ4v) is 3.31. The summed E-state index contributed by atoms with van der Waals surface area (Å²) in [6, 6.07) is 0. The summed E-state index contributed by atoms with van der Waals surface area (Å²) in [4.78, 5) is 13.8. The van der Waals surface area contributed by atoms with Crippen LogP contribution in [0.3, 0.4) is 0 Å². The second-order valence-corrected chi connectivity index (χ2v) is 6.95.